The first-order valence-electron chi connectivity index (χ1n) is 5.39. The molecule has 0 bridgehead atoms. The molecule has 2 aromatic heterocycles. The van der Waals surface area contributed by atoms with Crippen molar-refractivity contribution in [2.45, 2.75) is 13.1 Å². The Hall–Kier alpha value is -2.34. The Kier molecular flexibility index (Phi) is 3.93. The minimum absolute atomic E-state index is 0.125. The van der Waals surface area contributed by atoms with Crippen molar-refractivity contribution in [1.82, 2.24) is 20.3 Å². The lowest BCUT2D eigenvalue weighted by Crippen LogP contribution is -2.17. The molecule has 6 heteroatoms. The monoisotopic (exact) mass is 244 g/mol. The quantitative estimate of drug-likeness (QED) is 0.811. The molecule has 0 aromatic carbocycles. The average molecular weight is 244 g/mol. The van der Waals surface area contributed by atoms with Gasteiger partial charge in [0.1, 0.15) is 11.9 Å². The second kappa shape index (κ2) is 5.83. The van der Waals surface area contributed by atoms with Gasteiger partial charge in [-0.15, -0.1) is 0 Å². The first-order chi connectivity index (χ1) is 8.77. The van der Waals surface area contributed by atoms with Gasteiger partial charge in [0.15, 0.2) is 0 Å². The molecule has 0 saturated heterocycles. The summed E-state index contributed by atoms with van der Waals surface area (Å²) in [5.41, 5.74) is 1.68. The van der Waals surface area contributed by atoms with Gasteiger partial charge < -0.3 is 10.4 Å². The molecule has 0 amide bonds. The van der Waals surface area contributed by atoms with E-state index in [0.717, 1.165) is 5.56 Å². The zero-order valence-corrected chi connectivity index (χ0v) is 9.58. The number of pyridine rings is 1. The smallest absolute Gasteiger partial charge is 0.339 e. The summed E-state index contributed by atoms with van der Waals surface area (Å²) in [5.74, 6) is -1.02. The molecule has 0 aliphatic heterocycles. The highest BCUT2D eigenvalue weighted by atomic mass is 16.4. The first kappa shape index (κ1) is 12.1. The Morgan fingerprint density at radius 2 is 2.00 bits per heavy atom. The van der Waals surface area contributed by atoms with Crippen LogP contribution in [0.2, 0.25) is 0 Å². The number of hydrogen-bond acceptors (Lipinski definition) is 5. The Morgan fingerprint density at radius 3 is 2.72 bits per heavy atom. The molecule has 2 aromatic rings. The number of nitrogens with one attached hydrogen (secondary N) is 1. The molecule has 0 spiro atoms. The van der Waals surface area contributed by atoms with Gasteiger partial charge in [0.25, 0.3) is 0 Å². The van der Waals surface area contributed by atoms with Crippen molar-refractivity contribution in [2.75, 3.05) is 0 Å². The minimum Gasteiger partial charge on any atom is -0.478 e. The van der Waals surface area contributed by atoms with Gasteiger partial charge in [-0.3, -0.25) is 4.98 Å². The summed E-state index contributed by atoms with van der Waals surface area (Å²) in [4.78, 5) is 22.5. The van der Waals surface area contributed by atoms with Crippen LogP contribution in [-0.2, 0) is 13.1 Å². The second-order valence-corrected chi connectivity index (χ2v) is 3.65. The van der Waals surface area contributed by atoms with Crippen LogP contribution in [0.1, 0.15) is 21.6 Å². The Balaban J connectivity index is 1.97. The SMILES string of the molecule is O=C(O)c1cncnc1CNCc1ccncc1. The van der Waals surface area contributed by atoms with Gasteiger partial charge in [-0.1, -0.05) is 0 Å². The standard InChI is InChI=1S/C12H12N4O2/c17-12(18)10-6-15-8-16-11(10)7-14-5-9-1-3-13-4-2-9/h1-4,6,8,14H,5,7H2,(H,17,18). The molecule has 0 aliphatic rings. The van der Waals surface area contributed by atoms with E-state index in [4.69, 9.17) is 5.11 Å². The summed E-state index contributed by atoms with van der Waals surface area (Å²) in [6.45, 7) is 1.01. The molecule has 0 saturated carbocycles. The molecule has 0 unspecified atom stereocenters. The number of carboxylic acid groups (broad SMARTS) is 1. The molecule has 0 fully saturated rings. The van der Waals surface area contributed by atoms with E-state index < -0.39 is 5.97 Å². The first-order valence-corrected chi connectivity index (χ1v) is 5.39. The number of nitrogens with zero attached hydrogens (tertiary/aromatic N) is 3. The van der Waals surface area contributed by atoms with Crippen LogP contribution in [0.3, 0.4) is 0 Å². The Labute approximate surface area is 104 Å². The number of hydrogen-bond donors (Lipinski definition) is 2. The van der Waals surface area contributed by atoms with Crippen LogP contribution >= 0.6 is 0 Å². The van der Waals surface area contributed by atoms with E-state index in [1.165, 1.54) is 12.5 Å². The average Bonchev–Trinajstić information content (AvgIpc) is 2.40. The summed E-state index contributed by atoms with van der Waals surface area (Å²) in [6.07, 6.45) is 6.07. The van der Waals surface area contributed by atoms with Gasteiger partial charge >= 0.3 is 5.97 Å². The molecule has 0 radical (unpaired) electrons. The van der Waals surface area contributed by atoms with E-state index in [1.807, 2.05) is 12.1 Å². The maximum Gasteiger partial charge on any atom is 0.339 e. The topological polar surface area (TPSA) is 88.0 Å². The van der Waals surface area contributed by atoms with Crippen molar-refractivity contribution in [2.24, 2.45) is 0 Å². The van der Waals surface area contributed by atoms with Crippen LogP contribution in [0, 0.1) is 0 Å². The number of aromatic carboxylic acids is 1. The predicted molar refractivity (Wildman–Crippen MR) is 63.8 cm³/mol. The third-order valence-electron chi connectivity index (χ3n) is 2.40. The fraction of sp³-hybridized carbons (Fsp3) is 0.167. The zero-order chi connectivity index (χ0) is 12.8. The predicted octanol–water partition coefficient (Wildman–Crippen LogP) is 0.860. The van der Waals surface area contributed by atoms with Gasteiger partial charge in [-0.05, 0) is 17.7 Å². The van der Waals surface area contributed by atoms with Gasteiger partial charge in [0.05, 0.1) is 5.69 Å². The molecule has 0 aliphatic carbocycles. The third-order valence-corrected chi connectivity index (χ3v) is 2.40. The summed E-state index contributed by atoms with van der Waals surface area (Å²) in [7, 11) is 0. The Morgan fingerprint density at radius 1 is 1.22 bits per heavy atom. The van der Waals surface area contributed by atoms with Crippen LogP contribution in [0.15, 0.2) is 37.1 Å². The number of rotatable bonds is 5. The van der Waals surface area contributed by atoms with Crippen LogP contribution in [-0.4, -0.2) is 26.0 Å². The lowest BCUT2D eigenvalue weighted by atomic mass is 10.2. The van der Waals surface area contributed by atoms with Crippen LogP contribution in [0.5, 0.6) is 0 Å². The highest BCUT2D eigenvalue weighted by Gasteiger charge is 2.10. The minimum atomic E-state index is -1.02. The van der Waals surface area contributed by atoms with Crippen LogP contribution in [0.25, 0.3) is 0 Å². The lowest BCUT2D eigenvalue weighted by Gasteiger charge is -2.06. The molecule has 6 nitrogen and oxygen atoms in total. The lowest BCUT2D eigenvalue weighted by molar-refractivity contribution is 0.0694. The highest BCUT2D eigenvalue weighted by molar-refractivity contribution is 5.88. The van der Waals surface area contributed by atoms with Crippen molar-refractivity contribution < 1.29 is 9.90 Å². The van der Waals surface area contributed by atoms with E-state index in [-0.39, 0.29) is 5.56 Å². The number of aromatic nitrogens is 3. The van der Waals surface area contributed by atoms with Crippen molar-refractivity contribution in [3.8, 4) is 0 Å². The van der Waals surface area contributed by atoms with E-state index in [9.17, 15) is 4.79 Å². The van der Waals surface area contributed by atoms with Crippen molar-refractivity contribution >= 4 is 5.97 Å². The second-order valence-electron chi connectivity index (χ2n) is 3.65. The highest BCUT2D eigenvalue weighted by Crippen LogP contribution is 2.04. The fourth-order valence-electron chi connectivity index (χ4n) is 1.50. The molecular formula is C12H12N4O2. The maximum absolute atomic E-state index is 10.9. The van der Waals surface area contributed by atoms with Gasteiger partial charge in [-0.2, -0.15) is 0 Å². The molecule has 2 heterocycles. The molecule has 0 atom stereocenters. The van der Waals surface area contributed by atoms with E-state index in [2.05, 4.69) is 20.3 Å². The number of carboxylic acids is 1. The van der Waals surface area contributed by atoms with Gasteiger partial charge in [-0.25, -0.2) is 14.8 Å². The van der Waals surface area contributed by atoms with Crippen molar-refractivity contribution in [3.05, 3.63) is 53.9 Å². The summed E-state index contributed by atoms with van der Waals surface area (Å²) < 4.78 is 0. The summed E-state index contributed by atoms with van der Waals surface area (Å²) >= 11 is 0. The van der Waals surface area contributed by atoms with Crippen LogP contribution < -0.4 is 5.32 Å². The van der Waals surface area contributed by atoms with Crippen molar-refractivity contribution in [3.63, 3.8) is 0 Å². The zero-order valence-electron chi connectivity index (χ0n) is 9.58. The molecule has 2 rings (SSSR count). The number of carbonyl (C=O) groups is 1. The van der Waals surface area contributed by atoms with Gasteiger partial charge in [0, 0.05) is 31.7 Å². The fourth-order valence-corrected chi connectivity index (χ4v) is 1.50. The van der Waals surface area contributed by atoms with E-state index in [0.29, 0.717) is 18.8 Å². The largest absolute Gasteiger partial charge is 0.478 e. The summed E-state index contributed by atoms with van der Waals surface area (Å²) in [5, 5.41) is 12.1. The third kappa shape index (κ3) is 3.08. The Bertz CT molecular complexity index is 531. The molecular weight excluding hydrogens is 232 g/mol. The molecule has 92 valence electrons. The molecule has 2 N–H and O–H groups in total. The van der Waals surface area contributed by atoms with E-state index in [1.54, 1.807) is 12.4 Å². The van der Waals surface area contributed by atoms with Crippen molar-refractivity contribution in [1.29, 1.82) is 0 Å². The van der Waals surface area contributed by atoms with Crippen LogP contribution in [0.4, 0.5) is 0 Å². The normalized spacial score (nSPS) is 10.2. The summed E-state index contributed by atoms with van der Waals surface area (Å²) in [6, 6.07) is 3.79. The molecule has 18 heavy (non-hydrogen) atoms. The van der Waals surface area contributed by atoms with E-state index >= 15 is 0 Å². The maximum atomic E-state index is 10.9. The van der Waals surface area contributed by atoms with Gasteiger partial charge in [0.2, 0.25) is 0 Å².